The predicted molar refractivity (Wildman–Crippen MR) is 89.1 cm³/mol. The smallest absolute Gasteiger partial charge is 0.0510 e. The van der Waals surface area contributed by atoms with Crippen molar-refractivity contribution in [2.45, 2.75) is 19.4 Å². The molecule has 4 heteroatoms. The largest absolute Gasteiger partial charge is 0.271 e. The molecular formula is C15H16ClIN2. The third kappa shape index (κ3) is 3.69. The van der Waals surface area contributed by atoms with Gasteiger partial charge in [-0.25, -0.2) is 0 Å². The molecule has 0 aromatic heterocycles. The zero-order chi connectivity index (χ0) is 13.8. The molecule has 0 aliphatic carbocycles. The van der Waals surface area contributed by atoms with Crippen LogP contribution in [-0.2, 0) is 6.42 Å². The minimum absolute atomic E-state index is 0.0882. The third-order valence-electron chi connectivity index (χ3n) is 3.13. The molecule has 2 rings (SSSR count). The molecule has 0 heterocycles. The lowest BCUT2D eigenvalue weighted by atomic mass is 9.98. The Kier molecular flexibility index (Phi) is 5.21. The van der Waals surface area contributed by atoms with E-state index in [1.165, 1.54) is 20.3 Å². The van der Waals surface area contributed by atoms with E-state index in [4.69, 9.17) is 17.4 Å². The van der Waals surface area contributed by atoms with Crippen molar-refractivity contribution in [2.24, 2.45) is 5.84 Å². The Morgan fingerprint density at radius 3 is 2.68 bits per heavy atom. The number of benzene rings is 2. The Hall–Kier alpha value is -0.620. The normalized spacial score (nSPS) is 12.4. The Labute approximate surface area is 132 Å². The molecule has 1 unspecified atom stereocenters. The summed E-state index contributed by atoms with van der Waals surface area (Å²) in [5, 5.41) is 0.757. The first-order valence-corrected chi connectivity index (χ1v) is 7.53. The summed E-state index contributed by atoms with van der Waals surface area (Å²) >= 11 is 8.39. The van der Waals surface area contributed by atoms with Gasteiger partial charge in [-0.15, -0.1) is 0 Å². The van der Waals surface area contributed by atoms with Crippen molar-refractivity contribution in [3.63, 3.8) is 0 Å². The Morgan fingerprint density at radius 2 is 2.00 bits per heavy atom. The minimum Gasteiger partial charge on any atom is -0.271 e. The van der Waals surface area contributed by atoms with E-state index in [1.54, 1.807) is 0 Å². The molecule has 0 amide bonds. The van der Waals surface area contributed by atoms with Crippen molar-refractivity contribution in [2.75, 3.05) is 0 Å². The molecule has 0 saturated heterocycles. The van der Waals surface area contributed by atoms with Gasteiger partial charge >= 0.3 is 0 Å². The highest BCUT2D eigenvalue weighted by molar-refractivity contribution is 14.1. The molecular weight excluding hydrogens is 371 g/mol. The monoisotopic (exact) mass is 386 g/mol. The van der Waals surface area contributed by atoms with E-state index in [1.807, 2.05) is 18.2 Å². The van der Waals surface area contributed by atoms with Crippen molar-refractivity contribution in [1.29, 1.82) is 0 Å². The molecule has 0 aliphatic heterocycles. The van der Waals surface area contributed by atoms with Gasteiger partial charge in [0, 0.05) is 8.59 Å². The summed E-state index contributed by atoms with van der Waals surface area (Å²) in [6.45, 7) is 2.11. The molecule has 3 N–H and O–H groups in total. The van der Waals surface area contributed by atoms with Crippen LogP contribution in [0.5, 0.6) is 0 Å². The zero-order valence-electron chi connectivity index (χ0n) is 10.7. The summed E-state index contributed by atoms with van der Waals surface area (Å²) in [5.74, 6) is 5.72. The SMILES string of the molecule is Cc1cccc(C(Cc2cccc(Cl)c2)NN)c1I. The molecule has 0 saturated carbocycles. The van der Waals surface area contributed by atoms with E-state index in [2.05, 4.69) is 59.2 Å². The first-order chi connectivity index (χ1) is 9.11. The molecule has 0 aliphatic rings. The van der Waals surface area contributed by atoms with E-state index in [9.17, 15) is 0 Å². The summed E-state index contributed by atoms with van der Waals surface area (Å²) < 4.78 is 1.25. The highest BCUT2D eigenvalue weighted by Gasteiger charge is 2.14. The first kappa shape index (κ1) is 14.8. The quantitative estimate of drug-likeness (QED) is 0.473. The number of halogens is 2. The molecule has 100 valence electrons. The third-order valence-corrected chi connectivity index (χ3v) is 4.84. The van der Waals surface area contributed by atoms with E-state index < -0.39 is 0 Å². The molecule has 19 heavy (non-hydrogen) atoms. The lowest BCUT2D eigenvalue weighted by Crippen LogP contribution is -2.30. The van der Waals surface area contributed by atoms with E-state index in [0.29, 0.717) is 0 Å². The lowest BCUT2D eigenvalue weighted by Gasteiger charge is -2.19. The van der Waals surface area contributed by atoms with Gasteiger partial charge in [0.15, 0.2) is 0 Å². The summed E-state index contributed by atoms with van der Waals surface area (Å²) in [6.07, 6.45) is 0.816. The second kappa shape index (κ2) is 6.70. The second-order valence-electron chi connectivity index (χ2n) is 4.53. The van der Waals surface area contributed by atoms with Crippen LogP contribution in [0.4, 0.5) is 0 Å². The molecule has 2 aromatic rings. The number of hydrazine groups is 1. The van der Waals surface area contributed by atoms with Crippen molar-refractivity contribution in [3.8, 4) is 0 Å². The average Bonchev–Trinajstić information content (AvgIpc) is 2.40. The second-order valence-corrected chi connectivity index (χ2v) is 6.05. The number of hydrogen-bond acceptors (Lipinski definition) is 2. The van der Waals surface area contributed by atoms with Gasteiger partial charge < -0.3 is 0 Å². The van der Waals surface area contributed by atoms with Gasteiger partial charge in [-0.1, -0.05) is 41.9 Å². The topological polar surface area (TPSA) is 38.0 Å². The number of rotatable bonds is 4. The number of nitrogens with one attached hydrogen (secondary N) is 1. The Bertz CT molecular complexity index is 572. The van der Waals surface area contributed by atoms with Gasteiger partial charge in [0.05, 0.1) is 6.04 Å². The van der Waals surface area contributed by atoms with Gasteiger partial charge in [0.2, 0.25) is 0 Å². The van der Waals surface area contributed by atoms with Gasteiger partial charge in [-0.05, 0) is 64.8 Å². The highest BCUT2D eigenvalue weighted by atomic mass is 127. The Balaban J connectivity index is 2.28. The average molecular weight is 387 g/mol. The van der Waals surface area contributed by atoms with Gasteiger partial charge in [0.25, 0.3) is 0 Å². The highest BCUT2D eigenvalue weighted by Crippen LogP contribution is 2.26. The van der Waals surface area contributed by atoms with Crippen LogP contribution in [0.1, 0.15) is 22.7 Å². The fourth-order valence-electron chi connectivity index (χ4n) is 2.10. The fourth-order valence-corrected chi connectivity index (χ4v) is 3.05. The molecule has 0 spiro atoms. The van der Waals surface area contributed by atoms with Crippen molar-refractivity contribution >= 4 is 34.2 Å². The van der Waals surface area contributed by atoms with Crippen LogP contribution in [-0.4, -0.2) is 0 Å². The maximum Gasteiger partial charge on any atom is 0.0510 e. The van der Waals surface area contributed by atoms with Crippen LogP contribution >= 0.6 is 34.2 Å². The van der Waals surface area contributed by atoms with Crippen LogP contribution < -0.4 is 11.3 Å². The number of aryl methyl sites for hydroxylation is 1. The minimum atomic E-state index is 0.0882. The molecule has 2 aromatic carbocycles. The summed E-state index contributed by atoms with van der Waals surface area (Å²) in [6, 6.07) is 14.3. The standard InChI is InChI=1S/C15H16ClIN2/c1-10-4-2-7-13(15(10)17)14(19-18)9-11-5-3-6-12(16)8-11/h2-8,14,19H,9,18H2,1H3. The van der Waals surface area contributed by atoms with E-state index >= 15 is 0 Å². The van der Waals surface area contributed by atoms with E-state index in [0.717, 1.165) is 11.4 Å². The maximum atomic E-state index is 6.02. The van der Waals surface area contributed by atoms with Crippen LogP contribution in [0.3, 0.4) is 0 Å². The van der Waals surface area contributed by atoms with Crippen molar-refractivity contribution in [1.82, 2.24) is 5.43 Å². The lowest BCUT2D eigenvalue weighted by molar-refractivity contribution is 0.549. The molecule has 0 bridgehead atoms. The van der Waals surface area contributed by atoms with Crippen molar-refractivity contribution in [3.05, 3.63) is 67.7 Å². The van der Waals surface area contributed by atoms with Crippen LogP contribution in [0.25, 0.3) is 0 Å². The Morgan fingerprint density at radius 1 is 1.26 bits per heavy atom. The van der Waals surface area contributed by atoms with Crippen LogP contribution in [0.2, 0.25) is 5.02 Å². The van der Waals surface area contributed by atoms with Gasteiger partial charge in [-0.2, -0.15) is 0 Å². The zero-order valence-corrected chi connectivity index (χ0v) is 13.6. The summed E-state index contributed by atoms with van der Waals surface area (Å²) in [5.41, 5.74) is 6.57. The molecule has 0 radical (unpaired) electrons. The maximum absolute atomic E-state index is 6.02. The fraction of sp³-hybridized carbons (Fsp3) is 0.200. The van der Waals surface area contributed by atoms with Gasteiger partial charge in [0.1, 0.15) is 0 Å². The summed E-state index contributed by atoms with van der Waals surface area (Å²) in [7, 11) is 0. The number of nitrogens with two attached hydrogens (primary N) is 1. The van der Waals surface area contributed by atoms with Gasteiger partial charge in [-0.3, -0.25) is 11.3 Å². The van der Waals surface area contributed by atoms with Crippen LogP contribution in [0, 0.1) is 10.5 Å². The van der Waals surface area contributed by atoms with Crippen LogP contribution in [0.15, 0.2) is 42.5 Å². The molecule has 0 fully saturated rings. The van der Waals surface area contributed by atoms with E-state index in [-0.39, 0.29) is 6.04 Å². The van der Waals surface area contributed by atoms with Crippen molar-refractivity contribution < 1.29 is 0 Å². The molecule has 2 nitrogen and oxygen atoms in total. The summed E-state index contributed by atoms with van der Waals surface area (Å²) in [4.78, 5) is 0. The molecule has 1 atom stereocenters. The predicted octanol–water partition coefficient (Wildman–Crippen LogP) is 4.00. The number of hydrogen-bond donors (Lipinski definition) is 2. The first-order valence-electron chi connectivity index (χ1n) is 6.07.